The maximum atomic E-state index is 12.5. The molecule has 0 bridgehead atoms. The highest BCUT2D eigenvalue weighted by atomic mass is 16.5. The molecule has 1 aromatic heterocycles. The van der Waals surface area contributed by atoms with Crippen LogP contribution in [-0.4, -0.2) is 23.2 Å². The summed E-state index contributed by atoms with van der Waals surface area (Å²) in [5.74, 6) is 1.28. The fourth-order valence-corrected chi connectivity index (χ4v) is 3.72. The molecule has 0 spiro atoms. The zero-order valence-electron chi connectivity index (χ0n) is 18.5. The first kappa shape index (κ1) is 21.2. The predicted molar refractivity (Wildman–Crippen MR) is 136 cm³/mol. The van der Waals surface area contributed by atoms with E-state index in [1.165, 1.54) is 0 Å². The van der Waals surface area contributed by atoms with Crippen molar-refractivity contribution in [3.05, 3.63) is 109 Å². The van der Waals surface area contributed by atoms with Crippen LogP contribution < -0.4 is 15.4 Å². The van der Waals surface area contributed by atoms with E-state index in [1.54, 1.807) is 19.2 Å². The van der Waals surface area contributed by atoms with Gasteiger partial charge in [0.15, 0.2) is 5.82 Å². The van der Waals surface area contributed by atoms with Crippen LogP contribution in [-0.2, 0) is 0 Å². The number of carbonyl (C=O) groups excluding carboxylic acids is 1. The van der Waals surface area contributed by atoms with E-state index in [0.29, 0.717) is 11.4 Å². The van der Waals surface area contributed by atoms with Gasteiger partial charge in [0.1, 0.15) is 11.4 Å². The molecule has 6 heteroatoms. The van der Waals surface area contributed by atoms with Gasteiger partial charge in [0, 0.05) is 33.3 Å². The van der Waals surface area contributed by atoms with Gasteiger partial charge >= 0.3 is 0 Å². The van der Waals surface area contributed by atoms with E-state index in [0.717, 1.165) is 39.2 Å². The van der Waals surface area contributed by atoms with Crippen LogP contribution in [0, 0.1) is 0 Å². The summed E-state index contributed by atoms with van der Waals surface area (Å²) in [7, 11) is 1.65. The summed E-state index contributed by atoms with van der Waals surface area (Å²) in [5.41, 5.74) is 3.91. The monoisotopic (exact) mass is 446 g/mol. The summed E-state index contributed by atoms with van der Waals surface area (Å²) in [6, 6.07) is 32.4. The number of nitrogens with zero attached hydrogens (tertiary/aromatic N) is 2. The minimum atomic E-state index is -0.160. The topological polar surface area (TPSA) is 76.1 Å². The number of methoxy groups -OCH3 is 1. The van der Waals surface area contributed by atoms with Crippen LogP contribution in [0.1, 0.15) is 10.4 Å². The van der Waals surface area contributed by atoms with Gasteiger partial charge in [0.05, 0.1) is 7.11 Å². The second kappa shape index (κ2) is 9.42. The molecule has 5 rings (SSSR count). The Labute approximate surface area is 197 Å². The molecule has 1 amide bonds. The molecule has 4 aromatic carbocycles. The first-order valence-corrected chi connectivity index (χ1v) is 10.8. The third-order valence-electron chi connectivity index (χ3n) is 5.49. The first-order chi connectivity index (χ1) is 16.7. The van der Waals surface area contributed by atoms with Gasteiger partial charge in [-0.1, -0.05) is 42.5 Å². The molecule has 0 fully saturated rings. The summed E-state index contributed by atoms with van der Waals surface area (Å²) < 4.78 is 5.26. The molecule has 0 saturated heterocycles. The zero-order chi connectivity index (χ0) is 23.3. The highest BCUT2D eigenvalue weighted by Crippen LogP contribution is 2.31. The van der Waals surface area contributed by atoms with Crippen LogP contribution in [0.5, 0.6) is 5.75 Å². The smallest absolute Gasteiger partial charge is 0.255 e. The van der Waals surface area contributed by atoms with E-state index in [1.807, 2.05) is 91.0 Å². The van der Waals surface area contributed by atoms with E-state index in [-0.39, 0.29) is 5.91 Å². The highest BCUT2D eigenvalue weighted by molar-refractivity contribution is 6.04. The summed E-state index contributed by atoms with van der Waals surface area (Å²) >= 11 is 0. The molecular weight excluding hydrogens is 424 g/mol. The summed E-state index contributed by atoms with van der Waals surface area (Å²) in [5, 5.41) is 17.1. The Balaban J connectivity index is 1.39. The Bertz CT molecular complexity index is 1430. The number of anilines is 3. The number of rotatable bonds is 6. The van der Waals surface area contributed by atoms with Crippen molar-refractivity contribution in [3.8, 4) is 17.0 Å². The maximum Gasteiger partial charge on any atom is 0.255 e. The number of amides is 1. The molecule has 5 aromatic rings. The van der Waals surface area contributed by atoms with Crippen molar-refractivity contribution >= 4 is 33.9 Å². The number of carbonyl (C=O) groups is 1. The molecule has 0 aliphatic carbocycles. The van der Waals surface area contributed by atoms with Gasteiger partial charge in [-0.2, -0.15) is 0 Å². The van der Waals surface area contributed by atoms with Gasteiger partial charge in [-0.25, -0.2) is 0 Å². The summed E-state index contributed by atoms with van der Waals surface area (Å²) in [6.07, 6.45) is 0. The van der Waals surface area contributed by atoms with Crippen molar-refractivity contribution in [2.24, 2.45) is 0 Å². The van der Waals surface area contributed by atoms with Gasteiger partial charge in [0.25, 0.3) is 5.91 Å². The molecule has 0 unspecified atom stereocenters. The van der Waals surface area contributed by atoms with Crippen LogP contribution in [0.3, 0.4) is 0 Å². The van der Waals surface area contributed by atoms with Crippen molar-refractivity contribution in [1.29, 1.82) is 0 Å². The first-order valence-electron chi connectivity index (χ1n) is 10.8. The molecule has 34 heavy (non-hydrogen) atoms. The Kier molecular flexibility index (Phi) is 5.86. The number of nitrogens with one attached hydrogen (secondary N) is 2. The fraction of sp³-hybridized carbons (Fsp3) is 0.0357. The zero-order valence-corrected chi connectivity index (χ0v) is 18.5. The van der Waals surface area contributed by atoms with Crippen LogP contribution >= 0.6 is 0 Å². The van der Waals surface area contributed by atoms with E-state index >= 15 is 0 Å². The van der Waals surface area contributed by atoms with Gasteiger partial charge in [-0.15, -0.1) is 10.2 Å². The van der Waals surface area contributed by atoms with Crippen LogP contribution in [0.25, 0.3) is 22.0 Å². The molecule has 0 atom stereocenters. The van der Waals surface area contributed by atoms with Gasteiger partial charge in [0.2, 0.25) is 0 Å². The molecule has 0 radical (unpaired) electrons. The Hall–Kier alpha value is -4.71. The Morgan fingerprint density at radius 1 is 0.706 bits per heavy atom. The molecule has 6 nitrogen and oxygen atoms in total. The lowest BCUT2D eigenvalue weighted by Gasteiger charge is -2.12. The van der Waals surface area contributed by atoms with E-state index in [9.17, 15) is 4.79 Å². The van der Waals surface area contributed by atoms with Gasteiger partial charge in [-0.3, -0.25) is 4.79 Å². The van der Waals surface area contributed by atoms with Crippen LogP contribution in [0.4, 0.5) is 17.2 Å². The normalized spacial score (nSPS) is 10.6. The second-order valence-corrected chi connectivity index (χ2v) is 7.69. The number of aromatic nitrogens is 2. The summed E-state index contributed by atoms with van der Waals surface area (Å²) in [6.45, 7) is 0. The predicted octanol–water partition coefficient (Wildman–Crippen LogP) is 6.30. The van der Waals surface area contributed by atoms with E-state index in [4.69, 9.17) is 4.74 Å². The largest absolute Gasteiger partial charge is 0.497 e. The van der Waals surface area contributed by atoms with Gasteiger partial charge in [-0.05, 0) is 60.7 Å². The number of para-hydroxylation sites is 1. The average Bonchev–Trinajstić information content (AvgIpc) is 2.90. The van der Waals surface area contributed by atoms with E-state index < -0.39 is 0 Å². The number of benzene rings is 4. The van der Waals surface area contributed by atoms with Crippen LogP contribution in [0.2, 0.25) is 0 Å². The Morgan fingerprint density at radius 3 is 2.09 bits per heavy atom. The lowest BCUT2D eigenvalue weighted by atomic mass is 10.0. The van der Waals surface area contributed by atoms with Crippen molar-refractivity contribution < 1.29 is 9.53 Å². The quantitative estimate of drug-likeness (QED) is 0.320. The van der Waals surface area contributed by atoms with Crippen molar-refractivity contribution in [3.63, 3.8) is 0 Å². The third-order valence-corrected chi connectivity index (χ3v) is 5.49. The number of hydrogen-bond donors (Lipinski definition) is 2. The standard InChI is InChI=1S/C28H22N4O2/c1-34-23-17-13-19(14-18-23)26-24-9-5-6-10-25(24)27(32-31-26)29-22-15-11-20(12-16-22)28(33)30-21-7-3-2-4-8-21/h2-18H,1H3,(H,29,32)(H,30,33). The third kappa shape index (κ3) is 4.42. The minimum absolute atomic E-state index is 0.160. The number of ether oxygens (including phenoxy) is 1. The Morgan fingerprint density at radius 2 is 1.38 bits per heavy atom. The van der Waals surface area contributed by atoms with E-state index in [2.05, 4.69) is 20.8 Å². The fourth-order valence-electron chi connectivity index (χ4n) is 3.72. The van der Waals surface area contributed by atoms with Crippen molar-refractivity contribution in [2.75, 3.05) is 17.7 Å². The van der Waals surface area contributed by atoms with Crippen LogP contribution in [0.15, 0.2) is 103 Å². The molecule has 166 valence electrons. The molecular formula is C28H22N4O2. The van der Waals surface area contributed by atoms with Crippen molar-refractivity contribution in [2.45, 2.75) is 0 Å². The lowest BCUT2D eigenvalue weighted by molar-refractivity contribution is 0.102. The summed E-state index contributed by atoms with van der Waals surface area (Å²) in [4.78, 5) is 12.5. The molecule has 0 aliphatic heterocycles. The number of hydrogen-bond acceptors (Lipinski definition) is 5. The average molecular weight is 447 g/mol. The number of fused-ring (bicyclic) bond motifs is 1. The van der Waals surface area contributed by atoms with Gasteiger partial charge < -0.3 is 15.4 Å². The molecule has 0 saturated carbocycles. The second-order valence-electron chi connectivity index (χ2n) is 7.69. The molecule has 1 heterocycles. The lowest BCUT2D eigenvalue weighted by Crippen LogP contribution is -2.11. The molecule has 0 aliphatic rings. The minimum Gasteiger partial charge on any atom is -0.497 e. The highest BCUT2D eigenvalue weighted by Gasteiger charge is 2.12. The maximum absolute atomic E-state index is 12.5. The SMILES string of the molecule is COc1ccc(-c2nnc(Nc3ccc(C(=O)Nc4ccccc4)cc3)c3ccccc23)cc1. The van der Waals surface area contributed by atoms with Crippen molar-refractivity contribution in [1.82, 2.24) is 10.2 Å². The molecule has 2 N–H and O–H groups in total.